The zero-order valence-electron chi connectivity index (χ0n) is 17.9. The quantitative estimate of drug-likeness (QED) is 0.427. The van der Waals surface area contributed by atoms with E-state index in [1.807, 2.05) is 54.6 Å². The summed E-state index contributed by atoms with van der Waals surface area (Å²) in [6, 6.07) is 22.6. The van der Waals surface area contributed by atoms with Crippen molar-refractivity contribution in [1.29, 1.82) is 0 Å². The number of nitrogens with zero attached hydrogens (tertiary/aromatic N) is 1. The van der Waals surface area contributed by atoms with Crippen LogP contribution in [-0.2, 0) is 30.5 Å². The van der Waals surface area contributed by atoms with Crippen molar-refractivity contribution in [1.82, 2.24) is 9.97 Å². The molecule has 1 aliphatic heterocycles. The van der Waals surface area contributed by atoms with E-state index in [-0.39, 0.29) is 11.7 Å². The van der Waals surface area contributed by atoms with Gasteiger partial charge in [0.25, 0.3) is 0 Å². The molecule has 8 heteroatoms. The van der Waals surface area contributed by atoms with Crippen LogP contribution in [0.5, 0.6) is 0 Å². The number of nitrogens with one attached hydrogen (secondary N) is 1. The third-order valence-corrected chi connectivity index (χ3v) is 6.53. The maximum atomic E-state index is 12.3. The molecule has 1 atom stereocenters. The third kappa shape index (κ3) is 4.56. The minimum Gasteiger partial charge on any atom is -0.458 e. The Balaban J connectivity index is 1.52. The van der Waals surface area contributed by atoms with Gasteiger partial charge in [0.2, 0.25) is 6.79 Å². The second-order valence-electron chi connectivity index (χ2n) is 7.78. The first-order valence-corrected chi connectivity index (χ1v) is 12.3. The first-order valence-electron chi connectivity index (χ1n) is 10.4. The van der Waals surface area contributed by atoms with E-state index in [0.29, 0.717) is 29.3 Å². The Morgan fingerprint density at radius 1 is 1.06 bits per heavy atom. The lowest BCUT2D eigenvalue weighted by atomic mass is 10.1. The molecule has 1 N–H and O–H groups in total. The number of sulfone groups is 1. The zero-order chi connectivity index (χ0) is 22.8. The van der Waals surface area contributed by atoms with E-state index in [2.05, 4.69) is 4.98 Å². The molecule has 5 rings (SSSR count). The van der Waals surface area contributed by atoms with Gasteiger partial charge >= 0.3 is 5.95 Å². The molecule has 0 aliphatic carbocycles. The molecule has 0 spiro atoms. The van der Waals surface area contributed by atoms with Crippen molar-refractivity contribution in [2.24, 2.45) is 0 Å². The molecule has 0 radical (unpaired) electrons. The standard InChI is InChI=1S/C25H22N2O5S/c1-33(28,29)23-10-6-5-9-19(23)18-11-12-20-21(14-18)27-25(26-20)22(32-24-15-30-16-31-24)13-17-7-3-2-4-8-17/h2-12,14-15,22H,13,16H2,1H3,(H,26,27). The van der Waals surface area contributed by atoms with Crippen LogP contribution in [0, 0.1) is 0 Å². The molecule has 0 fully saturated rings. The van der Waals surface area contributed by atoms with Gasteiger partial charge in [-0.3, -0.25) is 0 Å². The smallest absolute Gasteiger partial charge is 0.319 e. The highest BCUT2D eigenvalue weighted by Crippen LogP contribution is 2.31. The SMILES string of the molecule is CS(=O)(=O)c1ccccc1-c1ccc2[nH]c(C(Cc3ccccc3)OC3=COCO3)nc2c1. The van der Waals surface area contributed by atoms with E-state index in [1.54, 1.807) is 18.2 Å². The Morgan fingerprint density at radius 3 is 2.61 bits per heavy atom. The van der Waals surface area contributed by atoms with Gasteiger partial charge in [0.05, 0.1) is 15.9 Å². The second-order valence-corrected chi connectivity index (χ2v) is 9.77. The van der Waals surface area contributed by atoms with Crippen LogP contribution in [0.4, 0.5) is 0 Å². The fourth-order valence-corrected chi connectivity index (χ4v) is 4.74. The summed E-state index contributed by atoms with van der Waals surface area (Å²) in [5.74, 6) is 0.943. The van der Waals surface area contributed by atoms with Gasteiger partial charge in [-0.25, -0.2) is 13.4 Å². The number of aromatic amines is 1. The van der Waals surface area contributed by atoms with Crippen LogP contribution in [0.3, 0.4) is 0 Å². The molecule has 1 unspecified atom stereocenters. The molecule has 2 heterocycles. The van der Waals surface area contributed by atoms with Crippen LogP contribution in [0.2, 0.25) is 0 Å². The summed E-state index contributed by atoms with van der Waals surface area (Å²) in [5.41, 5.74) is 4.04. The molecule has 0 saturated heterocycles. The summed E-state index contributed by atoms with van der Waals surface area (Å²) in [5, 5.41) is 0. The molecular weight excluding hydrogens is 440 g/mol. The highest BCUT2D eigenvalue weighted by atomic mass is 32.2. The van der Waals surface area contributed by atoms with Crippen molar-refractivity contribution in [3.8, 4) is 11.1 Å². The molecule has 4 aromatic rings. The van der Waals surface area contributed by atoms with Gasteiger partial charge in [-0.15, -0.1) is 0 Å². The number of rotatable bonds is 7. The molecule has 1 aliphatic rings. The highest BCUT2D eigenvalue weighted by molar-refractivity contribution is 7.90. The van der Waals surface area contributed by atoms with Gasteiger partial charge in [0.1, 0.15) is 5.82 Å². The minimum atomic E-state index is -3.37. The van der Waals surface area contributed by atoms with Gasteiger partial charge in [-0.05, 0) is 29.3 Å². The highest BCUT2D eigenvalue weighted by Gasteiger charge is 2.23. The van der Waals surface area contributed by atoms with E-state index in [9.17, 15) is 8.42 Å². The van der Waals surface area contributed by atoms with Crippen molar-refractivity contribution >= 4 is 20.9 Å². The van der Waals surface area contributed by atoms with Crippen molar-refractivity contribution in [3.63, 3.8) is 0 Å². The fraction of sp³-hybridized carbons (Fsp3) is 0.160. The molecule has 33 heavy (non-hydrogen) atoms. The monoisotopic (exact) mass is 462 g/mol. The summed E-state index contributed by atoms with van der Waals surface area (Å²) in [4.78, 5) is 8.40. The Hall–Kier alpha value is -3.78. The van der Waals surface area contributed by atoms with E-state index >= 15 is 0 Å². The van der Waals surface area contributed by atoms with Crippen LogP contribution in [0.1, 0.15) is 17.5 Å². The number of fused-ring (bicyclic) bond motifs is 1. The number of hydrogen-bond donors (Lipinski definition) is 1. The average molecular weight is 463 g/mol. The molecule has 168 valence electrons. The van der Waals surface area contributed by atoms with Gasteiger partial charge < -0.3 is 19.2 Å². The molecular formula is C25H22N2O5S. The Morgan fingerprint density at radius 2 is 1.85 bits per heavy atom. The Kier molecular flexibility index (Phi) is 5.51. The minimum absolute atomic E-state index is 0.122. The molecule has 0 saturated carbocycles. The molecule has 0 amide bonds. The predicted molar refractivity (Wildman–Crippen MR) is 124 cm³/mol. The third-order valence-electron chi connectivity index (χ3n) is 5.38. The normalized spacial score (nSPS) is 14.4. The topological polar surface area (TPSA) is 90.5 Å². The Bertz CT molecular complexity index is 1430. The van der Waals surface area contributed by atoms with Crippen molar-refractivity contribution in [3.05, 3.63) is 96.4 Å². The zero-order valence-corrected chi connectivity index (χ0v) is 18.7. The summed E-state index contributed by atoms with van der Waals surface area (Å²) in [6.45, 7) is 0.122. The fourth-order valence-electron chi connectivity index (χ4n) is 3.83. The van der Waals surface area contributed by atoms with Crippen LogP contribution < -0.4 is 0 Å². The number of benzene rings is 3. The van der Waals surface area contributed by atoms with Gasteiger partial charge in [0, 0.05) is 18.2 Å². The van der Waals surface area contributed by atoms with Gasteiger partial charge in [-0.2, -0.15) is 0 Å². The molecule has 1 aromatic heterocycles. The van der Waals surface area contributed by atoms with Gasteiger partial charge in [0.15, 0.2) is 22.2 Å². The lowest BCUT2D eigenvalue weighted by molar-refractivity contribution is -0.0240. The largest absolute Gasteiger partial charge is 0.458 e. The lowest BCUT2D eigenvalue weighted by Crippen LogP contribution is -2.10. The summed E-state index contributed by atoms with van der Waals surface area (Å²) in [6.07, 6.45) is 2.80. The first-order chi connectivity index (χ1) is 16.0. The second kappa shape index (κ2) is 8.63. The maximum Gasteiger partial charge on any atom is 0.319 e. The average Bonchev–Trinajstić information content (AvgIpc) is 3.48. The first kappa shape index (κ1) is 21.1. The number of H-pyrrole nitrogens is 1. The maximum absolute atomic E-state index is 12.3. The molecule has 0 bridgehead atoms. The van der Waals surface area contributed by atoms with E-state index in [4.69, 9.17) is 19.2 Å². The van der Waals surface area contributed by atoms with Crippen molar-refractivity contribution in [2.45, 2.75) is 17.4 Å². The molecule has 3 aromatic carbocycles. The Labute approximate surface area is 191 Å². The van der Waals surface area contributed by atoms with Crippen molar-refractivity contribution in [2.75, 3.05) is 13.0 Å². The molecule has 7 nitrogen and oxygen atoms in total. The summed E-state index contributed by atoms with van der Waals surface area (Å²) in [7, 11) is -3.37. The number of imidazole rings is 1. The number of aromatic nitrogens is 2. The van der Waals surface area contributed by atoms with Crippen LogP contribution in [-0.4, -0.2) is 31.4 Å². The van der Waals surface area contributed by atoms with E-state index < -0.39 is 15.9 Å². The van der Waals surface area contributed by atoms with Crippen LogP contribution in [0.15, 0.2) is 89.9 Å². The van der Waals surface area contributed by atoms with E-state index in [1.165, 1.54) is 12.5 Å². The lowest BCUT2D eigenvalue weighted by Gasteiger charge is -2.16. The van der Waals surface area contributed by atoms with E-state index in [0.717, 1.165) is 16.6 Å². The van der Waals surface area contributed by atoms with Crippen molar-refractivity contribution < 1.29 is 22.6 Å². The van der Waals surface area contributed by atoms with Crippen LogP contribution in [0.25, 0.3) is 22.2 Å². The number of hydrogen-bond acceptors (Lipinski definition) is 6. The van der Waals surface area contributed by atoms with Crippen LogP contribution >= 0.6 is 0 Å². The van der Waals surface area contributed by atoms with Gasteiger partial charge in [-0.1, -0.05) is 54.6 Å². The predicted octanol–water partition coefficient (Wildman–Crippen LogP) is 4.74. The summed E-state index contributed by atoms with van der Waals surface area (Å²) >= 11 is 0. The number of ether oxygens (including phenoxy) is 3. The summed E-state index contributed by atoms with van der Waals surface area (Å²) < 4.78 is 41.0.